The molecule has 1 N–H and O–H groups in total. The fourth-order valence-corrected chi connectivity index (χ4v) is 3.71. The first kappa shape index (κ1) is 15.1. The van der Waals surface area contributed by atoms with Gasteiger partial charge in [0.2, 0.25) is 5.91 Å². The van der Waals surface area contributed by atoms with Crippen LogP contribution < -0.4 is 5.32 Å². The zero-order valence-corrected chi connectivity index (χ0v) is 13.0. The number of nitrogens with zero attached hydrogens (tertiary/aromatic N) is 2. The van der Waals surface area contributed by atoms with Crippen molar-refractivity contribution in [2.24, 2.45) is 0 Å². The molecule has 0 bridgehead atoms. The van der Waals surface area contributed by atoms with Gasteiger partial charge in [0.15, 0.2) is 0 Å². The second-order valence-corrected chi connectivity index (χ2v) is 6.75. The molecule has 2 aliphatic rings. The van der Waals surface area contributed by atoms with Gasteiger partial charge in [-0.1, -0.05) is 6.92 Å². The molecule has 0 saturated carbocycles. The third-order valence-corrected chi connectivity index (χ3v) is 5.43. The van der Waals surface area contributed by atoms with E-state index in [1.165, 1.54) is 12.2 Å². The minimum Gasteiger partial charge on any atom is -0.340 e. The van der Waals surface area contributed by atoms with Crippen molar-refractivity contribution in [3.05, 3.63) is 0 Å². The zero-order chi connectivity index (χ0) is 13.7. The lowest BCUT2D eigenvalue weighted by Gasteiger charge is -2.38. The van der Waals surface area contributed by atoms with Gasteiger partial charge in [0, 0.05) is 62.7 Å². The summed E-state index contributed by atoms with van der Waals surface area (Å²) in [7, 11) is 0. The molecule has 110 valence electrons. The molecule has 0 aliphatic carbocycles. The van der Waals surface area contributed by atoms with Gasteiger partial charge < -0.3 is 10.2 Å². The molecule has 1 amide bonds. The Kier molecular flexibility index (Phi) is 5.98. The maximum Gasteiger partial charge on any atom is 0.224 e. The van der Waals surface area contributed by atoms with E-state index >= 15 is 0 Å². The Balaban J connectivity index is 1.72. The second kappa shape index (κ2) is 7.50. The summed E-state index contributed by atoms with van der Waals surface area (Å²) in [5, 5.41) is 3.45. The predicted molar refractivity (Wildman–Crippen MR) is 81.6 cm³/mol. The third kappa shape index (κ3) is 4.36. The van der Waals surface area contributed by atoms with E-state index in [2.05, 4.69) is 29.0 Å². The van der Waals surface area contributed by atoms with Crippen molar-refractivity contribution in [3.8, 4) is 0 Å². The highest BCUT2D eigenvalue weighted by Gasteiger charge is 2.25. The van der Waals surface area contributed by atoms with Gasteiger partial charge in [0.1, 0.15) is 0 Å². The predicted octanol–water partition coefficient (Wildman–Crippen LogP) is 1.02. The van der Waals surface area contributed by atoms with Gasteiger partial charge >= 0.3 is 0 Å². The van der Waals surface area contributed by atoms with Crippen LogP contribution in [0.2, 0.25) is 0 Å². The molecular formula is C14H27N3OS. The summed E-state index contributed by atoms with van der Waals surface area (Å²) in [6.45, 7) is 9.44. The summed E-state index contributed by atoms with van der Waals surface area (Å²) in [5.74, 6) is 2.60. The van der Waals surface area contributed by atoms with Crippen LogP contribution in [0, 0.1) is 0 Å². The number of thioether (sulfide) groups is 1. The molecule has 0 spiro atoms. The Labute approximate surface area is 121 Å². The molecule has 2 rings (SSSR count). The van der Waals surface area contributed by atoms with E-state index in [9.17, 15) is 4.79 Å². The zero-order valence-electron chi connectivity index (χ0n) is 12.2. The van der Waals surface area contributed by atoms with Crippen molar-refractivity contribution in [2.75, 3.05) is 44.2 Å². The topological polar surface area (TPSA) is 35.6 Å². The Hall–Kier alpha value is -0.260. The fraction of sp³-hybridized carbons (Fsp3) is 0.929. The normalized spacial score (nSPS) is 27.3. The van der Waals surface area contributed by atoms with Crippen LogP contribution in [0.4, 0.5) is 0 Å². The lowest BCUT2D eigenvalue weighted by Crippen LogP contribution is -2.52. The van der Waals surface area contributed by atoms with E-state index in [1.54, 1.807) is 0 Å². The first-order chi connectivity index (χ1) is 9.20. The molecule has 2 fully saturated rings. The number of nitrogens with one attached hydrogen (secondary N) is 1. The van der Waals surface area contributed by atoms with Crippen LogP contribution >= 0.6 is 11.8 Å². The van der Waals surface area contributed by atoms with Gasteiger partial charge in [0.05, 0.1) is 0 Å². The summed E-state index contributed by atoms with van der Waals surface area (Å²) < 4.78 is 0. The maximum atomic E-state index is 12.3. The molecule has 0 radical (unpaired) electrons. The van der Waals surface area contributed by atoms with E-state index in [0.717, 1.165) is 38.5 Å². The van der Waals surface area contributed by atoms with Crippen molar-refractivity contribution in [3.63, 3.8) is 0 Å². The number of amides is 1. The monoisotopic (exact) mass is 285 g/mol. The Morgan fingerprint density at radius 3 is 2.68 bits per heavy atom. The molecule has 2 unspecified atom stereocenters. The van der Waals surface area contributed by atoms with Crippen LogP contribution in [0.15, 0.2) is 0 Å². The molecule has 2 atom stereocenters. The summed E-state index contributed by atoms with van der Waals surface area (Å²) in [6.07, 6.45) is 1.87. The molecular weight excluding hydrogens is 258 g/mol. The first-order valence-corrected chi connectivity index (χ1v) is 8.69. The van der Waals surface area contributed by atoms with E-state index < -0.39 is 0 Å². The molecule has 0 aromatic carbocycles. The largest absolute Gasteiger partial charge is 0.340 e. The van der Waals surface area contributed by atoms with E-state index in [-0.39, 0.29) is 0 Å². The number of carbonyl (C=O) groups is 1. The summed E-state index contributed by atoms with van der Waals surface area (Å²) in [5.41, 5.74) is 0. The highest BCUT2D eigenvalue weighted by Crippen LogP contribution is 2.14. The third-order valence-electron chi connectivity index (χ3n) is 4.30. The maximum absolute atomic E-state index is 12.3. The Morgan fingerprint density at radius 2 is 2.11 bits per heavy atom. The van der Waals surface area contributed by atoms with E-state index in [4.69, 9.17) is 0 Å². The van der Waals surface area contributed by atoms with Gasteiger partial charge in [0.25, 0.3) is 0 Å². The molecule has 2 aliphatic heterocycles. The van der Waals surface area contributed by atoms with Gasteiger partial charge in [-0.05, 0) is 13.3 Å². The van der Waals surface area contributed by atoms with Crippen LogP contribution in [0.5, 0.6) is 0 Å². The average Bonchev–Trinajstić information content (AvgIpc) is 2.47. The molecule has 2 saturated heterocycles. The SMILES string of the molecule is CCC(C)N1CCN(C(=O)CC2CSCCN2)CC1. The molecule has 5 heteroatoms. The van der Waals surface area contributed by atoms with Crippen molar-refractivity contribution in [1.29, 1.82) is 0 Å². The lowest BCUT2D eigenvalue weighted by molar-refractivity contribution is -0.133. The number of rotatable bonds is 4. The number of hydrogen-bond donors (Lipinski definition) is 1. The number of carbonyl (C=O) groups excluding carboxylic acids is 1. The van der Waals surface area contributed by atoms with Crippen molar-refractivity contribution >= 4 is 17.7 Å². The summed E-state index contributed by atoms with van der Waals surface area (Å²) in [6, 6.07) is 1.03. The minimum absolute atomic E-state index is 0.337. The van der Waals surface area contributed by atoms with Crippen LogP contribution in [0.3, 0.4) is 0 Å². The van der Waals surface area contributed by atoms with Crippen molar-refractivity contribution in [2.45, 2.75) is 38.8 Å². The van der Waals surface area contributed by atoms with Gasteiger partial charge in [-0.25, -0.2) is 0 Å². The molecule has 0 aromatic rings. The molecule has 19 heavy (non-hydrogen) atoms. The number of hydrogen-bond acceptors (Lipinski definition) is 4. The van der Waals surface area contributed by atoms with E-state index in [1.807, 2.05) is 11.8 Å². The average molecular weight is 285 g/mol. The Bertz CT molecular complexity index is 286. The number of piperazine rings is 1. The Morgan fingerprint density at radius 1 is 1.37 bits per heavy atom. The lowest BCUT2D eigenvalue weighted by atomic mass is 10.1. The van der Waals surface area contributed by atoms with Crippen LogP contribution in [0.1, 0.15) is 26.7 Å². The summed E-state index contributed by atoms with van der Waals surface area (Å²) >= 11 is 1.96. The highest BCUT2D eigenvalue weighted by atomic mass is 32.2. The van der Waals surface area contributed by atoms with Gasteiger partial charge in [-0.3, -0.25) is 9.69 Å². The van der Waals surface area contributed by atoms with Crippen LogP contribution in [-0.4, -0.2) is 72.0 Å². The molecule has 4 nitrogen and oxygen atoms in total. The standard InChI is InChI=1S/C14H27N3OS/c1-3-12(2)16-5-7-17(8-6-16)14(18)10-13-11-19-9-4-15-13/h12-13,15H,3-11H2,1-2H3. The highest BCUT2D eigenvalue weighted by molar-refractivity contribution is 7.99. The molecule has 2 heterocycles. The quantitative estimate of drug-likeness (QED) is 0.837. The van der Waals surface area contributed by atoms with Gasteiger partial charge in [-0.15, -0.1) is 0 Å². The summed E-state index contributed by atoms with van der Waals surface area (Å²) in [4.78, 5) is 16.8. The van der Waals surface area contributed by atoms with Crippen molar-refractivity contribution < 1.29 is 4.79 Å². The van der Waals surface area contributed by atoms with Crippen LogP contribution in [-0.2, 0) is 4.79 Å². The smallest absolute Gasteiger partial charge is 0.224 e. The van der Waals surface area contributed by atoms with Crippen LogP contribution in [0.25, 0.3) is 0 Å². The second-order valence-electron chi connectivity index (χ2n) is 5.60. The fourth-order valence-electron chi connectivity index (χ4n) is 2.76. The minimum atomic E-state index is 0.337. The van der Waals surface area contributed by atoms with Gasteiger partial charge in [-0.2, -0.15) is 11.8 Å². The first-order valence-electron chi connectivity index (χ1n) is 7.53. The molecule has 0 aromatic heterocycles. The van der Waals surface area contributed by atoms with E-state index in [0.29, 0.717) is 24.4 Å². The van der Waals surface area contributed by atoms with Crippen molar-refractivity contribution in [1.82, 2.24) is 15.1 Å².